The van der Waals surface area contributed by atoms with Crippen LogP contribution >= 0.6 is 27.3 Å². The van der Waals surface area contributed by atoms with Crippen molar-refractivity contribution in [2.75, 3.05) is 0 Å². The zero-order chi connectivity index (χ0) is 12.7. The molecule has 3 aromatic rings. The number of fused-ring (bicyclic) bond motifs is 1. The van der Waals surface area contributed by atoms with Crippen molar-refractivity contribution < 1.29 is 0 Å². The third-order valence-electron chi connectivity index (χ3n) is 2.69. The first kappa shape index (κ1) is 11.9. The Labute approximate surface area is 118 Å². The van der Waals surface area contributed by atoms with E-state index in [-0.39, 0.29) is 0 Å². The first-order chi connectivity index (χ1) is 8.63. The van der Waals surface area contributed by atoms with E-state index in [0.717, 1.165) is 25.7 Å². The number of rotatable bonds is 2. The van der Waals surface area contributed by atoms with Gasteiger partial charge < -0.3 is 0 Å². The van der Waals surface area contributed by atoms with Crippen LogP contribution in [0.4, 0.5) is 0 Å². The number of aromatic nitrogens is 3. The minimum absolute atomic E-state index is 0.452. The number of hydrogen-bond donors (Lipinski definition) is 0. The molecule has 0 aliphatic carbocycles. The van der Waals surface area contributed by atoms with Crippen LogP contribution < -0.4 is 0 Å². The smallest absolute Gasteiger partial charge is 0.212 e. The molecule has 0 radical (unpaired) electrons. The summed E-state index contributed by atoms with van der Waals surface area (Å²) in [6.45, 7) is 4.29. The van der Waals surface area contributed by atoms with Gasteiger partial charge in [-0.3, -0.25) is 0 Å². The topological polar surface area (TPSA) is 30.2 Å². The molecule has 0 N–H and O–H groups in total. The fraction of sp³-hybridized carbons (Fsp3) is 0.231. The molecule has 3 rings (SSSR count). The molecule has 0 aliphatic heterocycles. The molecule has 0 spiro atoms. The Hall–Kier alpha value is -1.20. The summed E-state index contributed by atoms with van der Waals surface area (Å²) in [7, 11) is 0. The predicted octanol–water partition coefficient (Wildman–Crippen LogP) is 4.34. The van der Waals surface area contributed by atoms with Gasteiger partial charge in [0.1, 0.15) is 5.01 Å². The third kappa shape index (κ3) is 2.08. The summed E-state index contributed by atoms with van der Waals surface area (Å²) in [6, 6.07) is 8.16. The van der Waals surface area contributed by atoms with Crippen molar-refractivity contribution in [2.24, 2.45) is 0 Å². The Morgan fingerprint density at radius 2 is 1.94 bits per heavy atom. The number of imidazole rings is 1. The molecule has 2 heterocycles. The summed E-state index contributed by atoms with van der Waals surface area (Å²) < 4.78 is 2.95. The molecule has 0 unspecified atom stereocenters. The fourth-order valence-electron chi connectivity index (χ4n) is 1.71. The van der Waals surface area contributed by atoms with E-state index in [1.54, 1.807) is 11.3 Å². The van der Waals surface area contributed by atoms with Gasteiger partial charge in [-0.2, -0.15) is 5.10 Å². The van der Waals surface area contributed by atoms with E-state index >= 15 is 0 Å². The van der Waals surface area contributed by atoms with E-state index in [0.29, 0.717) is 5.92 Å². The van der Waals surface area contributed by atoms with Crippen molar-refractivity contribution >= 4 is 32.2 Å². The fourth-order valence-corrected chi connectivity index (χ4v) is 2.86. The third-order valence-corrected chi connectivity index (χ3v) is 4.44. The van der Waals surface area contributed by atoms with Gasteiger partial charge in [0.15, 0.2) is 0 Å². The Bertz CT molecular complexity index is 650. The number of hydrogen-bond acceptors (Lipinski definition) is 3. The molecule has 1 aromatic carbocycles. The van der Waals surface area contributed by atoms with Crippen molar-refractivity contribution in [3.63, 3.8) is 0 Å². The average Bonchev–Trinajstić information content (AvgIpc) is 2.87. The Kier molecular flexibility index (Phi) is 2.95. The van der Waals surface area contributed by atoms with Gasteiger partial charge in [-0.1, -0.05) is 53.2 Å². The average molecular weight is 322 g/mol. The lowest BCUT2D eigenvalue weighted by atomic mass is 10.2. The molecule has 0 amide bonds. The molecule has 5 heteroatoms. The van der Waals surface area contributed by atoms with Gasteiger partial charge in [0.05, 0.1) is 11.9 Å². The highest BCUT2D eigenvalue weighted by atomic mass is 79.9. The normalized spacial score (nSPS) is 11.6. The molecule has 2 aromatic heterocycles. The summed E-state index contributed by atoms with van der Waals surface area (Å²) in [6.07, 6.45) is 1.99. The van der Waals surface area contributed by atoms with Crippen molar-refractivity contribution in [3.8, 4) is 11.3 Å². The van der Waals surface area contributed by atoms with Crippen LogP contribution in [0.1, 0.15) is 24.8 Å². The van der Waals surface area contributed by atoms with Gasteiger partial charge in [-0.05, 0) is 12.1 Å². The largest absolute Gasteiger partial charge is 0.217 e. The second-order valence-corrected chi connectivity index (χ2v) is 6.36. The summed E-state index contributed by atoms with van der Waals surface area (Å²) in [5, 5.41) is 5.66. The van der Waals surface area contributed by atoms with E-state index in [1.807, 2.05) is 22.8 Å². The molecule has 92 valence electrons. The van der Waals surface area contributed by atoms with E-state index in [1.165, 1.54) is 0 Å². The van der Waals surface area contributed by atoms with Crippen molar-refractivity contribution in [3.05, 3.63) is 39.9 Å². The van der Waals surface area contributed by atoms with Crippen LogP contribution in [0, 0.1) is 0 Å². The van der Waals surface area contributed by atoms with Gasteiger partial charge in [0, 0.05) is 16.0 Å². The van der Waals surface area contributed by atoms with Gasteiger partial charge in [-0.15, -0.1) is 0 Å². The standard InChI is InChI=1S/C13H12BrN3S/c1-8(2)12-16-17-7-11(15-13(17)18-12)9-3-5-10(14)6-4-9/h3-8H,1-2H3. The monoisotopic (exact) mass is 321 g/mol. The molecule has 0 fully saturated rings. The maximum atomic E-state index is 4.62. The molecular formula is C13H12BrN3S. The van der Waals surface area contributed by atoms with Crippen molar-refractivity contribution in [2.45, 2.75) is 19.8 Å². The van der Waals surface area contributed by atoms with E-state index in [4.69, 9.17) is 0 Å². The lowest BCUT2D eigenvalue weighted by Gasteiger charge is -1.96. The molecule has 0 aliphatic rings. The van der Waals surface area contributed by atoms with Crippen LogP contribution in [0.3, 0.4) is 0 Å². The van der Waals surface area contributed by atoms with Crippen molar-refractivity contribution in [1.29, 1.82) is 0 Å². The van der Waals surface area contributed by atoms with Crippen LogP contribution in [0.5, 0.6) is 0 Å². The highest BCUT2D eigenvalue weighted by molar-refractivity contribution is 9.10. The number of halogens is 1. The van der Waals surface area contributed by atoms with Crippen molar-refractivity contribution in [1.82, 2.24) is 14.6 Å². The summed E-state index contributed by atoms with van der Waals surface area (Å²) in [5.74, 6) is 0.452. The Morgan fingerprint density at radius 1 is 1.22 bits per heavy atom. The molecule has 3 nitrogen and oxygen atoms in total. The maximum Gasteiger partial charge on any atom is 0.212 e. The quantitative estimate of drug-likeness (QED) is 0.702. The highest BCUT2D eigenvalue weighted by Gasteiger charge is 2.11. The summed E-state index contributed by atoms with van der Waals surface area (Å²) in [5.41, 5.74) is 2.08. The molecule has 0 saturated carbocycles. The highest BCUT2D eigenvalue weighted by Crippen LogP contribution is 2.26. The van der Waals surface area contributed by atoms with Crippen LogP contribution in [-0.4, -0.2) is 14.6 Å². The number of benzene rings is 1. The van der Waals surface area contributed by atoms with Crippen LogP contribution in [0.2, 0.25) is 0 Å². The Balaban J connectivity index is 2.03. The van der Waals surface area contributed by atoms with E-state index in [2.05, 4.69) is 52.0 Å². The minimum atomic E-state index is 0.452. The molecule has 0 bridgehead atoms. The van der Waals surface area contributed by atoms with E-state index < -0.39 is 0 Å². The second kappa shape index (κ2) is 4.48. The zero-order valence-corrected chi connectivity index (χ0v) is 12.5. The maximum absolute atomic E-state index is 4.62. The molecule has 18 heavy (non-hydrogen) atoms. The SMILES string of the molecule is CC(C)c1nn2cc(-c3ccc(Br)cc3)nc2s1. The lowest BCUT2D eigenvalue weighted by molar-refractivity contribution is 0.802. The van der Waals surface area contributed by atoms with E-state index in [9.17, 15) is 0 Å². The van der Waals surface area contributed by atoms with Gasteiger partial charge in [-0.25, -0.2) is 9.50 Å². The minimum Gasteiger partial charge on any atom is -0.217 e. The van der Waals surface area contributed by atoms with Gasteiger partial charge >= 0.3 is 0 Å². The van der Waals surface area contributed by atoms with Crippen LogP contribution in [0.25, 0.3) is 16.2 Å². The second-order valence-electron chi connectivity index (χ2n) is 4.46. The molecule has 0 saturated heterocycles. The number of nitrogens with zero attached hydrogens (tertiary/aromatic N) is 3. The van der Waals surface area contributed by atoms with Gasteiger partial charge in [0.25, 0.3) is 0 Å². The predicted molar refractivity (Wildman–Crippen MR) is 78.1 cm³/mol. The first-order valence-electron chi connectivity index (χ1n) is 5.75. The zero-order valence-electron chi connectivity index (χ0n) is 10.1. The lowest BCUT2D eigenvalue weighted by Crippen LogP contribution is -1.88. The van der Waals surface area contributed by atoms with Gasteiger partial charge in [0.2, 0.25) is 4.96 Å². The van der Waals surface area contributed by atoms with Crippen LogP contribution in [-0.2, 0) is 0 Å². The first-order valence-corrected chi connectivity index (χ1v) is 7.36. The molecule has 0 atom stereocenters. The van der Waals surface area contributed by atoms with Crippen LogP contribution in [0.15, 0.2) is 34.9 Å². The molecular weight excluding hydrogens is 310 g/mol. The Morgan fingerprint density at radius 3 is 2.56 bits per heavy atom. The summed E-state index contributed by atoms with van der Waals surface area (Å²) in [4.78, 5) is 5.57. The summed E-state index contributed by atoms with van der Waals surface area (Å²) >= 11 is 5.09.